The summed E-state index contributed by atoms with van der Waals surface area (Å²) in [5, 5.41) is 9.96. The normalized spacial score (nSPS) is 27.1. The lowest BCUT2D eigenvalue weighted by Gasteiger charge is -2.27. The minimum atomic E-state index is -0.732. The van der Waals surface area contributed by atoms with Crippen LogP contribution in [0.15, 0.2) is 6.07 Å². The van der Waals surface area contributed by atoms with E-state index in [1.54, 1.807) is 0 Å². The summed E-state index contributed by atoms with van der Waals surface area (Å²) in [7, 11) is 0. The van der Waals surface area contributed by atoms with E-state index >= 15 is 0 Å². The van der Waals surface area contributed by atoms with Gasteiger partial charge in [-0.2, -0.15) is 5.26 Å². The number of halogens is 1. The fraction of sp³-hybridized carbons (Fsp3) is 0.467. The van der Waals surface area contributed by atoms with Gasteiger partial charge in [-0.25, -0.2) is 0 Å². The molecule has 4 nitrogen and oxygen atoms in total. The van der Waals surface area contributed by atoms with Gasteiger partial charge in [-0.15, -0.1) is 0 Å². The first-order valence-corrected chi connectivity index (χ1v) is 7.68. The Morgan fingerprint density at radius 3 is 2.85 bits per heavy atom. The summed E-state index contributed by atoms with van der Waals surface area (Å²) in [5.41, 5.74) is 2.93. The minimum absolute atomic E-state index is 0.156. The maximum absolute atomic E-state index is 11.9. The zero-order valence-corrected chi connectivity index (χ0v) is 12.9. The lowest BCUT2D eigenvalue weighted by molar-refractivity contribution is -0.138. The van der Waals surface area contributed by atoms with Crippen LogP contribution in [0.25, 0.3) is 0 Å². The first kappa shape index (κ1) is 13.4. The first-order valence-electron chi connectivity index (χ1n) is 6.56. The van der Waals surface area contributed by atoms with Crippen LogP contribution in [0.4, 0.5) is 0 Å². The third-order valence-electron chi connectivity index (χ3n) is 4.16. The zero-order valence-electron chi connectivity index (χ0n) is 11.3. The second-order valence-corrected chi connectivity index (χ2v) is 5.96. The maximum Gasteiger partial charge on any atom is 0.329 e. The molecule has 0 saturated carbocycles. The molecule has 3 atom stereocenters. The molecule has 2 aliphatic rings. The van der Waals surface area contributed by atoms with E-state index < -0.39 is 11.9 Å². The summed E-state index contributed by atoms with van der Waals surface area (Å²) in [5.74, 6) is 0.345. The number of carbonyl (C=O) groups is 1. The molecule has 0 fully saturated rings. The molecule has 3 unspecified atom stereocenters. The molecule has 5 heteroatoms. The monoisotopic (exact) mass is 335 g/mol. The van der Waals surface area contributed by atoms with Crippen molar-refractivity contribution in [3.8, 4) is 17.6 Å². The number of esters is 1. The lowest BCUT2D eigenvalue weighted by Crippen LogP contribution is -2.30. The average molecular weight is 336 g/mol. The summed E-state index contributed by atoms with van der Waals surface area (Å²) in [6.45, 7) is 4.44. The fourth-order valence-electron chi connectivity index (χ4n) is 2.92. The second-order valence-electron chi connectivity index (χ2n) is 5.32. The van der Waals surface area contributed by atoms with Gasteiger partial charge in [0.2, 0.25) is 0 Å². The van der Waals surface area contributed by atoms with Crippen molar-refractivity contribution in [1.82, 2.24) is 0 Å². The van der Waals surface area contributed by atoms with E-state index in [-0.39, 0.29) is 5.92 Å². The highest BCUT2D eigenvalue weighted by molar-refractivity contribution is 9.09. The van der Waals surface area contributed by atoms with Gasteiger partial charge in [0, 0.05) is 33.9 Å². The quantitative estimate of drug-likeness (QED) is 0.449. The molecule has 2 heterocycles. The van der Waals surface area contributed by atoms with Crippen LogP contribution in [0.2, 0.25) is 0 Å². The average Bonchev–Trinajstić information content (AvgIpc) is 2.84. The zero-order chi connectivity index (χ0) is 14.4. The van der Waals surface area contributed by atoms with E-state index in [1.165, 1.54) is 0 Å². The summed E-state index contributed by atoms with van der Waals surface area (Å²) in [6.07, 6.45) is 0. The van der Waals surface area contributed by atoms with Crippen molar-refractivity contribution in [2.45, 2.75) is 25.7 Å². The van der Waals surface area contributed by atoms with Gasteiger partial charge in [-0.3, -0.25) is 4.79 Å². The SMILES string of the molecule is Cc1c2c(cc3c1OC(=O)C(C#N)C3C)C(CBr)CO2. The van der Waals surface area contributed by atoms with Crippen LogP contribution in [0.1, 0.15) is 35.4 Å². The number of carbonyl (C=O) groups excluding carboxylic acids is 1. The minimum Gasteiger partial charge on any atom is -0.492 e. The Bertz CT molecular complexity index is 635. The fourth-order valence-corrected chi connectivity index (χ4v) is 3.45. The molecule has 0 radical (unpaired) electrons. The predicted molar refractivity (Wildman–Crippen MR) is 76.4 cm³/mol. The third-order valence-corrected chi connectivity index (χ3v) is 4.94. The van der Waals surface area contributed by atoms with Crippen molar-refractivity contribution in [3.63, 3.8) is 0 Å². The van der Waals surface area contributed by atoms with Crippen LogP contribution in [0, 0.1) is 24.2 Å². The van der Waals surface area contributed by atoms with Crippen LogP contribution >= 0.6 is 15.9 Å². The van der Waals surface area contributed by atoms with E-state index in [0.29, 0.717) is 18.3 Å². The van der Waals surface area contributed by atoms with E-state index in [0.717, 1.165) is 27.8 Å². The number of hydrogen-bond acceptors (Lipinski definition) is 4. The van der Waals surface area contributed by atoms with Gasteiger partial charge in [0.15, 0.2) is 5.92 Å². The van der Waals surface area contributed by atoms with Crippen molar-refractivity contribution in [2.24, 2.45) is 5.92 Å². The number of alkyl halides is 1. The lowest BCUT2D eigenvalue weighted by atomic mass is 9.83. The van der Waals surface area contributed by atoms with Crippen LogP contribution < -0.4 is 9.47 Å². The Hall–Kier alpha value is -1.54. The Kier molecular flexibility index (Phi) is 3.21. The third kappa shape index (κ3) is 1.75. The summed E-state index contributed by atoms with van der Waals surface area (Å²) in [4.78, 5) is 11.9. The van der Waals surface area contributed by atoms with Gasteiger partial charge >= 0.3 is 5.97 Å². The van der Waals surface area contributed by atoms with Crippen LogP contribution in [-0.2, 0) is 4.79 Å². The molecule has 1 aromatic carbocycles. The van der Waals surface area contributed by atoms with E-state index in [9.17, 15) is 4.79 Å². The van der Waals surface area contributed by atoms with Crippen LogP contribution in [0.5, 0.6) is 11.5 Å². The number of rotatable bonds is 1. The summed E-state index contributed by atoms with van der Waals surface area (Å²) in [6, 6.07) is 4.08. The van der Waals surface area contributed by atoms with Crippen molar-refractivity contribution in [2.75, 3.05) is 11.9 Å². The number of benzene rings is 1. The second kappa shape index (κ2) is 4.78. The largest absolute Gasteiger partial charge is 0.492 e. The molecule has 0 amide bonds. The molecule has 0 aliphatic carbocycles. The number of nitriles is 1. The molecule has 20 heavy (non-hydrogen) atoms. The van der Waals surface area contributed by atoms with Crippen molar-refractivity contribution in [3.05, 3.63) is 22.8 Å². The van der Waals surface area contributed by atoms with Gasteiger partial charge in [0.05, 0.1) is 12.7 Å². The number of ether oxygens (including phenoxy) is 2. The Morgan fingerprint density at radius 2 is 2.20 bits per heavy atom. The topological polar surface area (TPSA) is 59.3 Å². The van der Waals surface area contributed by atoms with Crippen LogP contribution in [-0.4, -0.2) is 17.9 Å². The summed E-state index contributed by atoms with van der Waals surface area (Å²) < 4.78 is 11.1. The van der Waals surface area contributed by atoms with Gasteiger partial charge in [-0.1, -0.05) is 22.9 Å². The molecule has 2 aliphatic heterocycles. The molecule has 104 valence electrons. The first-order chi connectivity index (χ1) is 9.58. The molecule has 1 aromatic rings. The van der Waals surface area contributed by atoms with Gasteiger partial charge in [-0.05, 0) is 13.0 Å². The predicted octanol–water partition coefficient (Wildman–Crippen LogP) is 3.03. The van der Waals surface area contributed by atoms with Crippen molar-refractivity contribution in [1.29, 1.82) is 5.26 Å². The smallest absolute Gasteiger partial charge is 0.329 e. The molecule has 0 spiro atoms. The number of nitrogens with zero attached hydrogens (tertiary/aromatic N) is 1. The van der Waals surface area contributed by atoms with Crippen LogP contribution in [0.3, 0.4) is 0 Å². The van der Waals surface area contributed by atoms with Crippen molar-refractivity contribution < 1.29 is 14.3 Å². The Balaban J connectivity index is 2.18. The highest BCUT2D eigenvalue weighted by Gasteiger charge is 2.39. The van der Waals surface area contributed by atoms with Gasteiger partial charge in [0.1, 0.15) is 11.5 Å². The van der Waals surface area contributed by atoms with E-state index in [4.69, 9.17) is 14.7 Å². The summed E-state index contributed by atoms with van der Waals surface area (Å²) >= 11 is 3.50. The Labute approximate surface area is 125 Å². The molecular weight excluding hydrogens is 322 g/mol. The van der Waals surface area contributed by atoms with E-state index in [1.807, 2.05) is 26.0 Å². The molecule has 0 N–H and O–H groups in total. The van der Waals surface area contributed by atoms with Gasteiger partial charge in [0.25, 0.3) is 0 Å². The van der Waals surface area contributed by atoms with Gasteiger partial charge < -0.3 is 9.47 Å². The highest BCUT2D eigenvalue weighted by atomic mass is 79.9. The number of hydrogen-bond donors (Lipinski definition) is 0. The van der Waals surface area contributed by atoms with E-state index in [2.05, 4.69) is 15.9 Å². The molecule has 0 aromatic heterocycles. The van der Waals surface area contributed by atoms with Crippen molar-refractivity contribution >= 4 is 21.9 Å². The molecule has 3 rings (SSSR count). The molecular formula is C15H14BrNO3. The Morgan fingerprint density at radius 1 is 1.45 bits per heavy atom. The molecule has 0 saturated heterocycles. The molecule has 0 bridgehead atoms. The standard InChI is InChI=1S/C15H14BrNO3/c1-7-10-3-11-9(4-16)6-19-13(11)8(2)14(10)20-15(18)12(7)5-17/h3,7,9,12H,4,6H2,1-2H3. The maximum atomic E-state index is 11.9. The highest BCUT2D eigenvalue weighted by Crippen LogP contribution is 2.48. The number of fused-ring (bicyclic) bond motifs is 2.